The van der Waals surface area contributed by atoms with E-state index in [0.29, 0.717) is 0 Å². The minimum absolute atomic E-state index is 1.08. The van der Waals surface area contributed by atoms with Crippen LogP contribution in [0.4, 0.5) is 0 Å². The first-order valence-electron chi connectivity index (χ1n) is 2.52. The molecule has 0 saturated carbocycles. The monoisotopic (exact) mass is 86.1 g/mol. The van der Waals surface area contributed by atoms with E-state index in [1.807, 2.05) is 19.9 Å². The van der Waals surface area contributed by atoms with Gasteiger partial charge in [0.05, 0.1) is 0 Å². The second-order valence-corrected chi connectivity index (χ2v) is 0.697. The van der Waals surface area contributed by atoms with E-state index < -0.39 is 0 Å². The summed E-state index contributed by atoms with van der Waals surface area (Å²) in [6.45, 7) is 9.54. The van der Waals surface area contributed by atoms with Crippen LogP contribution >= 0.6 is 0 Å². The Bertz CT molecular complexity index is 14.0. The molecule has 0 aromatic heterocycles. The van der Waals surface area contributed by atoms with Gasteiger partial charge in [0.15, 0.2) is 0 Å². The fraction of sp³-hybridized carbons (Fsp3) is 0.667. The summed E-state index contributed by atoms with van der Waals surface area (Å²) in [5, 5.41) is 0. The van der Waals surface area contributed by atoms with Crippen molar-refractivity contribution in [1.29, 1.82) is 0 Å². The second kappa shape index (κ2) is 21.9. The third kappa shape index (κ3) is 51.3. The van der Waals surface area contributed by atoms with Gasteiger partial charge in [0, 0.05) is 0 Å². The van der Waals surface area contributed by atoms with Gasteiger partial charge in [0.1, 0.15) is 0 Å². The lowest BCUT2D eigenvalue weighted by molar-refractivity contribution is 1.23. The van der Waals surface area contributed by atoms with Crippen LogP contribution in [0.1, 0.15) is 27.2 Å². The van der Waals surface area contributed by atoms with E-state index in [2.05, 4.69) is 13.5 Å². The third-order valence-corrected chi connectivity index (χ3v) is 0.289. The van der Waals surface area contributed by atoms with Gasteiger partial charge in [-0.3, -0.25) is 0 Å². The lowest BCUT2D eigenvalue weighted by atomic mass is 10.5. The topological polar surface area (TPSA) is 0 Å². The van der Waals surface area contributed by atoms with Crippen LogP contribution in [0, 0.1) is 0 Å². The van der Waals surface area contributed by atoms with E-state index in [1.54, 1.807) is 0 Å². The molecule has 0 aliphatic rings. The minimum atomic E-state index is 1.08. The fourth-order valence-electron chi connectivity index (χ4n) is 0. The quantitative estimate of drug-likeness (QED) is 0.430. The Morgan fingerprint density at radius 3 is 1.67 bits per heavy atom. The third-order valence-electron chi connectivity index (χ3n) is 0.289. The van der Waals surface area contributed by atoms with Gasteiger partial charge in [-0.2, -0.15) is 0 Å². The molecule has 0 aromatic rings. The molecule has 0 N–H and O–H groups in total. The predicted molar refractivity (Wildman–Crippen MR) is 31.8 cm³/mol. The van der Waals surface area contributed by atoms with Crippen molar-refractivity contribution in [2.45, 2.75) is 27.2 Å². The molecule has 0 atom stereocenters. The molecular formula is C6H14. The highest BCUT2D eigenvalue weighted by molar-refractivity contribution is 4.60. The fourth-order valence-corrected chi connectivity index (χ4v) is 0. The summed E-state index contributed by atoms with van der Waals surface area (Å²) in [5.41, 5.74) is 0. The maximum Gasteiger partial charge on any atom is -0.0382 e. The molecule has 0 rings (SSSR count). The zero-order valence-corrected chi connectivity index (χ0v) is 4.99. The average molecular weight is 86.2 g/mol. The van der Waals surface area contributed by atoms with E-state index in [4.69, 9.17) is 0 Å². The van der Waals surface area contributed by atoms with Crippen LogP contribution < -0.4 is 0 Å². The van der Waals surface area contributed by atoms with Crippen LogP contribution in [0.15, 0.2) is 12.7 Å². The lowest BCUT2D eigenvalue weighted by Gasteiger charge is -1.57. The molecule has 6 heavy (non-hydrogen) atoms. The van der Waals surface area contributed by atoms with Crippen LogP contribution in [-0.2, 0) is 0 Å². The van der Waals surface area contributed by atoms with E-state index in [-0.39, 0.29) is 0 Å². The van der Waals surface area contributed by atoms with Crippen molar-refractivity contribution in [2.75, 3.05) is 0 Å². The molecule has 38 valence electrons. The molecule has 0 aromatic carbocycles. The molecule has 0 nitrogen and oxygen atoms in total. The van der Waals surface area contributed by atoms with Crippen LogP contribution in [-0.4, -0.2) is 0 Å². The number of hydrogen-bond donors (Lipinski definition) is 0. The first-order chi connectivity index (χ1) is 2.91. The largest absolute Gasteiger partial charge is 0.103 e. The minimum Gasteiger partial charge on any atom is -0.103 e. The van der Waals surface area contributed by atoms with Gasteiger partial charge in [-0.15, -0.1) is 6.58 Å². The van der Waals surface area contributed by atoms with Crippen molar-refractivity contribution >= 4 is 0 Å². The first kappa shape index (κ1) is 9.22. The normalized spacial score (nSPS) is 5.17. The molecule has 0 unspecified atom stereocenters. The van der Waals surface area contributed by atoms with E-state index in [1.165, 1.54) is 0 Å². The van der Waals surface area contributed by atoms with Crippen LogP contribution in [0.2, 0.25) is 0 Å². The van der Waals surface area contributed by atoms with Gasteiger partial charge in [-0.05, 0) is 6.42 Å². The zero-order valence-electron chi connectivity index (χ0n) is 4.99. The van der Waals surface area contributed by atoms with Crippen LogP contribution in [0.5, 0.6) is 0 Å². The Hall–Kier alpha value is -0.260. The Labute approximate surface area is 40.9 Å². The Morgan fingerprint density at radius 2 is 1.67 bits per heavy atom. The summed E-state index contributed by atoms with van der Waals surface area (Å²) in [5.74, 6) is 0. The molecule has 0 aliphatic heterocycles. The van der Waals surface area contributed by atoms with Gasteiger partial charge in [0.2, 0.25) is 0 Å². The molecule has 0 heteroatoms. The smallest absolute Gasteiger partial charge is 0.0382 e. The van der Waals surface area contributed by atoms with E-state index in [9.17, 15) is 0 Å². The maximum absolute atomic E-state index is 3.48. The van der Waals surface area contributed by atoms with Gasteiger partial charge in [-0.1, -0.05) is 26.8 Å². The highest BCUT2D eigenvalue weighted by Crippen LogP contribution is 1.66. The molecule has 0 radical (unpaired) electrons. The molecular weight excluding hydrogens is 72.1 g/mol. The Kier molecular flexibility index (Phi) is 33.7. The number of rotatable bonds is 1. The Morgan fingerprint density at radius 1 is 1.50 bits per heavy atom. The summed E-state index contributed by atoms with van der Waals surface area (Å²) in [7, 11) is 0. The Balaban J connectivity index is 0. The van der Waals surface area contributed by atoms with E-state index >= 15 is 0 Å². The maximum atomic E-state index is 3.48. The SMILES string of the molecule is C=CCC.CC. The first-order valence-corrected chi connectivity index (χ1v) is 2.52. The summed E-state index contributed by atoms with van der Waals surface area (Å²) >= 11 is 0. The van der Waals surface area contributed by atoms with E-state index in [0.717, 1.165) is 6.42 Å². The molecule has 0 saturated heterocycles. The summed E-state index contributed by atoms with van der Waals surface area (Å²) < 4.78 is 0. The van der Waals surface area contributed by atoms with Crippen molar-refractivity contribution < 1.29 is 0 Å². The number of hydrogen-bond acceptors (Lipinski definition) is 0. The molecule has 0 aliphatic carbocycles. The predicted octanol–water partition coefficient (Wildman–Crippen LogP) is 2.61. The van der Waals surface area contributed by atoms with Crippen molar-refractivity contribution in [2.24, 2.45) is 0 Å². The molecule has 0 bridgehead atoms. The van der Waals surface area contributed by atoms with Crippen molar-refractivity contribution in [3.05, 3.63) is 12.7 Å². The highest BCUT2D eigenvalue weighted by Gasteiger charge is 1.45. The summed E-state index contributed by atoms with van der Waals surface area (Å²) in [6.07, 6.45) is 2.96. The zero-order chi connectivity index (χ0) is 5.41. The highest BCUT2D eigenvalue weighted by atomic mass is 13.5. The van der Waals surface area contributed by atoms with Gasteiger partial charge in [-0.25, -0.2) is 0 Å². The average Bonchev–Trinajstić information content (AvgIpc) is 1.72. The van der Waals surface area contributed by atoms with Gasteiger partial charge in [0.25, 0.3) is 0 Å². The lowest BCUT2D eigenvalue weighted by Crippen LogP contribution is -1.36. The van der Waals surface area contributed by atoms with Gasteiger partial charge < -0.3 is 0 Å². The van der Waals surface area contributed by atoms with Crippen LogP contribution in [0.3, 0.4) is 0 Å². The van der Waals surface area contributed by atoms with Crippen molar-refractivity contribution in [1.82, 2.24) is 0 Å². The number of allylic oxidation sites excluding steroid dienone is 1. The molecule has 0 fully saturated rings. The summed E-state index contributed by atoms with van der Waals surface area (Å²) in [6, 6.07) is 0. The summed E-state index contributed by atoms with van der Waals surface area (Å²) in [4.78, 5) is 0. The molecule has 0 amide bonds. The van der Waals surface area contributed by atoms with Crippen molar-refractivity contribution in [3.63, 3.8) is 0 Å². The van der Waals surface area contributed by atoms with Crippen molar-refractivity contribution in [3.8, 4) is 0 Å². The van der Waals surface area contributed by atoms with Crippen LogP contribution in [0.25, 0.3) is 0 Å². The second-order valence-electron chi connectivity index (χ2n) is 0.697. The molecule has 0 heterocycles. The van der Waals surface area contributed by atoms with Gasteiger partial charge >= 0.3 is 0 Å². The molecule has 0 spiro atoms. The standard InChI is InChI=1S/C4H8.C2H6/c1-3-4-2;1-2/h3H,1,4H2,2H3;1-2H3.